The number of urea groups is 1. The van der Waals surface area contributed by atoms with E-state index in [9.17, 15) is 28.4 Å². The third-order valence-corrected chi connectivity index (χ3v) is 7.72. The van der Waals surface area contributed by atoms with Crippen LogP contribution in [-0.2, 0) is 15.1 Å². The molecule has 1 unspecified atom stereocenters. The second kappa shape index (κ2) is 9.17. The molecule has 5 rings (SSSR count). The molecule has 0 bridgehead atoms. The molecule has 196 valence electrons. The van der Waals surface area contributed by atoms with Crippen molar-refractivity contribution in [3.63, 3.8) is 0 Å². The number of carbonyl (C=O) groups is 5. The summed E-state index contributed by atoms with van der Waals surface area (Å²) in [5.41, 5.74) is -0.288. The summed E-state index contributed by atoms with van der Waals surface area (Å²) in [6.07, 6.45) is 0.0565. The van der Waals surface area contributed by atoms with Gasteiger partial charge in [-0.3, -0.25) is 29.4 Å². The van der Waals surface area contributed by atoms with Crippen molar-refractivity contribution in [3.05, 3.63) is 52.3 Å². The SMILES string of the molecule is COc1ccc(F)c2sc(C(C)(C)NC(=O)Nc3ccc4c(c3)C(=O)N(C3CCC(=O)NC3=O)C4=O)nc12. The zero-order chi connectivity index (χ0) is 27.4. The van der Waals surface area contributed by atoms with E-state index in [1.165, 1.54) is 37.4 Å². The van der Waals surface area contributed by atoms with Crippen LogP contribution in [0, 0.1) is 5.82 Å². The second-order valence-corrected chi connectivity index (χ2v) is 10.4. The molecule has 2 aliphatic rings. The highest BCUT2D eigenvalue weighted by Gasteiger charge is 2.44. The van der Waals surface area contributed by atoms with Gasteiger partial charge >= 0.3 is 6.03 Å². The Kier molecular flexibility index (Phi) is 6.10. The Morgan fingerprint density at radius 2 is 1.89 bits per heavy atom. The summed E-state index contributed by atoms with van der Waals surface area (Å²) in [4.78, 5) is 67.7. The summed E-state index contributed by atoms with van der Waals surface area (Å²) in [6.45, 7) is 3.41. The molecule has 0 aliphatic carbocycles. The number of methoxy groups -OCH3 is 1. The molecular weight excluding hydrogens is 517 g/mol. The average Bonchev–Trinajstić information content (AvgIpc) is 3.41. The van der Waals surface area contributed by atoms with Crippen molar-refractivity contribution in [2.75, 3.05) is 12.4 Å². The van der Waals surface area contributed by atoms with Gasteiger partial charge in [0.25, 0.3) is 11.8 Å². The number of rotatable bonds is 5. The second-order valence-electron chi connectivity index (χ2n) is 9.36. The van der Waals surface area contributed by atoms with Crippen molar-refractivity contribution in [2.45, 2.75) is 38.3 Å². The van der Waals surface area contributed by atoms with Crippen molar-refractivity contribution in [3.8, 4) is 5.75 Å². The van der Waals surface area contributed by atoms with E-state index in [-0.39, 0.29) is 29.7 Å². The lowest BCUT2D eigenvalue weighted by atomic mass is 10.0. The Morgan fingerprint density at radius 3 is 2.61 bits per heavy atom. The van der Waals surface area contributed by atoms with Crippen LogP contribution in [0.5, 0.6) is 5.75 Å². The van der Waals surface area contributed by atoms with E-state index < -0.39 is 47.1 Å². The van der Waals surface area contributed by atoms with Crippen LogP contribution in [0.2, 0.25) is 0 Å². The number of thiazole rings is 1. The molecule has 2 aromatic carbocycles. The first-order valence-electron chi connectivity index (χ1n) is 11.6. The maximum Gasteiger partial charge on any atom is 0.319 e. The van der Waals surface area contributed by atoms with Gasteiger partial charge < -0.3 is 15.4 Å². The first-order valence-corrected chi connectivity index (χ1v) is 12.4. The summed E-state index contributed by atoms with van der Waals surface area (Å²) in [6, 6.07) is 5.27. The number of hydrogen-bond donors (Lipinski definition) is 3. The van der Waals surface area contributed by atoms with Gasteiger partial charge in [0.1, 0.15) is 28.1 Å². The Labute approximate surface area is 219 Å². The number of nitrogens with zero attached hydrogens (tertiary/aromatic N) is 2. The molecule has 38 heavy (non-hydrogen) atoms. The van der Waals surface area contributed by atoms with Crippen LogP contribution < -0.4 is 20.7 Å². The number of anilines is 1. The topological polar surface area (TPSA) is 147 Å². The zero-order valence-corrected chi connectivity index (χ0v) is 21.3. The van der Waals surface area contributed by atoms with Crippen molar-refractivity contribution in [1.29, 1.82) is 0 Å². The molecule has 3 N–H and O–H groups in total. The molecule has 3 heterocycles. The number of benzene rings is 2. The molecule has 0 radical (unpaired) electrons. The van der Waals surface area contributed by atoms with E-state index in [1.807, 2.05) is 0 Å². The monoisotopic (exact) mass is 539 g/mol. The Bertz CT molecular complexity index is 1550. The van der Waals surface area contributed by atoms with Gasteiger partial charge in [-0.1, -0.05) is 0 Å². The molecule has 1 atom stereocenters. The normalized spacial score (nSPS) is 17.5. The maximum atomic E-state index is 14.3. The lowest BCUT2D eigenvalue weighted by Crippen LogP contribution is -2.54. The molecule has 6 amide bonds. The third-order valence-electron chi connectivity index (χ3n) is 6.34. The minimum Gasteiger partial charge on any atom is -0.494 e. The number of halogens is 1. The van der Waals surface area contributed by atoms with E-state index in [0.717, 1.165) is 16.2 Å². The molecule has 1 aromatic heterocycles. The van der Waals surface area contributed by atoms with E-state index in [4.69, 9.17) is 4.74 Å². The van der Waals surface area contributed by atoms with Gasteiger partial charge in [-0.15, -0.1) is 11.3 Å². The largest absolute Gasteiger partial charge is 0.494 e. The van der Waals surface area contributed by atoms with Crippen LogP contribution in [0.3, 0.4) is 0 Å². The van der Waals surface area contributed by atoms with Crippen LogP contribution in [0.15, 0.2) is 30.3 Å². The quantitative estimate of drug-likeness (QED) is 0.423. The number of nitrogens with one attached hydrogen (secondary N) is 3. The summed E-state index contributed by atoms with van der Waals surface area (Å²) >= 11 is 1.09. The van der Waals surface area contributed by atoms with E-state index >= 15 is 0 Å². The Morgan fingerprint density at radius 1 is 1.16 bits per heavy atom. The predicted octanol–water partition coefficient (Wildman–Crippen LogP) is 2.90. The van der Waals surface area contributed by atoms with Crippen molar-refractivity contribution in [2.24, 2.45) is 0 Å². The molecule has 1 saturated heterocycles. The van der Waals surface area contributed by atoms with Crippen LogP contribution >= 0.6 is 11.3 Å². The minimum atomic E-state index is -1.09. The molecule has 0 spiro atoms. The molecule has 11 nitrogen and oxygen atoms in total. The van der Waals surface area contributed by atoms with Gasteiger partial charge in [-0.2, -0.15) is 0 Å². The summed E-state index contributed by atoms with van der Waals surface area (Å²) in [5.74, 6) is -2.53. The molecule has 3 aromatic rings. The highest BCUT2D eigenvalue weighted by Crippen LogP contribution is 2.36. The number of aromatic nitrogens is 1. The highest BCUT2D eigenvalue weighted by atomic mass is 32.1. The summed E-state index contributed by atoms with van der Waals surface area (Å²) in [5, 5.41) is 8.00. The van der Waals surface area contributed by atoms with E-state index in [1.54, 1.807) is 13.8 Å². The lowest BCUT2D eigenvalue weighted by molar-refractivity contribution is -0.136. The number of carbonyl (C=O) groups excluding carboxylic acids is 5. The van der Waals surface area contributed by atoms with Gasteiger partial charge in [0.15, 0.2) is 0 Å². The molecule has 1 fully saturated rings. The van der Waals surface area contributed by atoms with Crippen LogP contribution in [0.4, 0.5) is 14.9 Å². The van der Waals surface area contributed by atoms with Gasteiger partial charge in [0, 0.05) is 12.1 Å². The third kappa shape index (κ3) is 4.24. The fourth-order valence-corrected chi connectivity index (χ4v) is 5.48. The first-order chi connectivity index (χ1) is 18.0. The zero-order valence-electron chi connectivity index (χ0n) is 20.5. The van der Waals surface area contributed by atoms with Gasteiger partial charge in [-0.25, -0.2) is 14.2 Å². The van der Waals surface area contributed by atoms with Crippen LogP contribution in [0.1, 0.15) is 52.4 Å². The molecule has 13 heteroatoms. The fourth-order valence-electron chi connectivity index (χ4n) is 4.43. The molecular formula is C25H22FN5O6S. The van der Waals surface area contributed by atoms with Crippen molar-refractivity contribution < 1.29 is 33.1 Å². The maximum absolute atomic E-state index is 14.3. The summed E-state index contributed by atoms with van der Waals surface area (Å²) in [7, 11) is 1.46. The number of ether oxygens (including phenoxy) is 1. The number of hydrogen-bond acceptors (Lipinski definition) is 8. The Balaban J connectivity index is 1.33. The number of fused-ring (bicyclic) bond motifs is 2. The smallest absolute Gasteiger partial charge is 0.319 e. The van der Waals surface area contributed by atoms with E-state index in [0.29, 0.717) is 21.0 Å². The average molecular weight is 540 g/mol. The lowest BCUT2D eigenvalue weighted by Gasteiger charge is -2.27. The van der Waals surface area contributed by atoms with Crippen LogP contribution in [-0.4, -0.2) is 52.7 Å². The minimum absolute atomic E-state index is 0.0145. The number of imide groups is 2. The van der Waals surface area contributed by atoms with Gasteiger partial charge in [-0.05, 0) is 50.6 Å². The fraction of sp³-hybridized carbons (Fsp3) is 0.280. The molecule has 2 aliphatic heterocycles. The predicted molar refractivity (Wildman–Crippen MR) is 134 cm³/mol. The summed E-state index contributed by atoms with van der Waals surface area (Å²) < 4.78 is 19.9. The first kappa shape index (κ1) is 25.3. The van der Waals surface area contributed by atoms with Crippen molar-refractivity contribution in [1.82, 2.24) is 20.5 Å². The van der Waals surface area contributed by atoms with Gasteiger partial charge in [0.2, 0.25) is 11.8 Å². The molecule has 0 saturated carbocycles. The standard InChI is InChI=1S/C25H22FN5O6S/c1-25(2,23-29-18-16(37-3)8-6-14(26)19(18)38-23)30-24(36)27-11-4-5-12-13(10-11)22(35)31(21(12)34)15-7-9-17(32)28-20(15)33/h4-6,8,10,15H,7,9H2,1-3H3,(H2,27,30,36)(H,28,32,33). The highest BCUT2D eigenvalue weighted by molar-refractivity contribution is 7.18. The number of piperidine rings is 1. The van der Waals surface area contributed by atoms with Crippen molar-refractivity contribution >= 4 is 56.9 Å². The number of amides is 6. The van der Waals surface area contributed by atoms with E-state index in [2.05, 4.69) is 20.9 Å². The van der Waals surface area contributed by atoms with Crippen LogP contribution in [0.25, 0.3) is 10.2 Å². The van der Waals surface area contributed by atoms with Gasteiger partial charge in [0.05, 0.1) is 28.5 Å². The Hall–Kier alpha value is -4.39.